The van der Waals surface area contributed by atoms with Gasteiger partial charge in [-0.15, -0.1) is 0 Å². The number of benzene rings is 1. The van der Waals surface area contributed by atoms with Gasteiger partial charge in [0.1, 0.15) is 5.75 Å². The summed E-state index contributed by atoms with van der Waals surface area (Å²) in [6.07, 6.45) is 3.16. The van der Waals surface area contributed by atoms with Crippen LogP contribution < -0.4 is 20.3 Å². The zero-order valence-electron chi connectivity index (χ0n) is 13.4. The summed E-state index contributed by atoms with van der Waals surface area (Å²) in [6, 6.07) is 7.04. The lowest BCUT2D eigenvalue weighted by molar-refractivity contribution is -0.128. The van der Waals surface area contributed by atoms with Crippen molar-refractivity contribution in [2.24, 2.45) is 0 Å². The highest BCUT2D eigenvalue weighted by Gasteiger charge is 2.32. The van der Waals surface area contributed by atoms with Crippen molar-refractivity contribution in [1.82, 2.24) is 10.6 Å². The maximum absolute atomic E-state index is 12.4. The molecule has 2 amide bonds. The lowest BCUT2D eigenvalue weighted by atomic mass is 10.1. The van der Waals surface area contributed by atoms with Gasteiger partial charge >= 0.3 is 0 Å². The number of amides is 2. The number of nitrogens with one attached hydrogen (secondary N) is 3. The summed E-state index contributed by atoms with van der Waals surface area (Å²) in [7, 11) is 1.71. The molecule has 0 bridgehead atoms. The molecule has 24 heavy (non-hydrogen) atoms. The lowest BCUT2D eigenvalue weighted by Gasteiger charge is -2.33. The fourth-order valence-electron chi connectivity index (χ4n) is 2.32. The minimum Gasteiger partial charge on any atom is -0.477 e. The third kappa shape index (κ3) is 3.81. The number of hydrogen-bond donors (Lipinski definition) is 3. The summed E-state index contributed by atoms with van der Waals surface area (Å²) in [4.78, 5) is 25.9. The van der Waals surface area contributed by atoms with E-state index in [0.29, 0.717) is 17.0 Å². The van der Waals surface area contributed by atoms with E-state index in [-0.39, 0.29) is 24.9 Å². The third-order valence-electron chi connectivity index (χ3n) is 3.49. The molecule has 1 atom stereocenters. The van der Waals surface area contributed by atoms with Crippen molar-refractivity contribution in [2.75, 3.05) is 25.0 Å². The molecule has 1 aromatic carbocycles. The van der Waals surface area contributed by atoms with E-state index in [2.05, 4.69) is 17.2 Å². The summed E-state index contributed by atoms with van der Waals surface area (Å²) in [6.45, 7) is 3.79. The Morgan fingerprint density at radius 2 is 2.21 bits per heavy atom. The Kier molecular flexibility index (Phi) is 5.73. The monoisotopic (exact) mass is 328 g/mol. The smallest absolute Gasteiger partial charge is 0.263 e. The zero-order valence-corrected chi connectivity index (χ0v) is 13.4. The Bertz CT molecular complexity index is 684. The Hall–Kier alpha value is -3.09. The fraction of sp³-hybridized carbons (Fsp3) is 0.235. The molecule has 0 saturated heterocycles. The van der Waals surface area contributed by atoms with E-state index in [9.17, 15) is 9.59 Å². The topological polar surface area (TPSA) is 94.5 Å². The van der Waals surface area contributed by atoms with E-state index < -0.39 is 6.10 Å². The first-order valence-electron chi connectivity index (χ1n) is 7.44. The van der Waals surface area contributed by atoms with E-state index >= 15 is 0 Å². The van der Waals surface area contributed by atoms with Crippen LogP contribution in [0, 0.1) is 5.41 Å². The van der Waals surface area contributed by atoms with E-state index in [1.807, 2.05) is 0 Å². The molecule has 2 rings (SSSR count). The molecule has 0 spiro atoms. The first-order valence-corrected chi connectivity index (χ1v) is 7.44. The molecular weight excluding hydrogens is 308 g/mol. The van der Waals surface area contributed by atoms with Crippen LogP contribution in [0.15, 0.2) is 48.7 Å². The van der Waals surface area contributed by atoms with Gasteiger partial charge in [0.15, 0.2) is 6.10 Å². The number of fused-ring (bicyclic) bond motifs is 1. The highest BCUT2D eigenvalue weighted by atomic mass is 16.5. The van der Waals surface area contributed by atoms with Gasteiger partial charge in [0.05, 0.1) is 12.2 Å². The van der Waals surface area contributed by atoms with Gasteiger partial charge in [0.25, 0.3) is 11.8 Å². The van der Waals surface area contributed by atoms with Crippen LogP contribution in [-0.2, 0) is 9.59 Å². The van der Waals surface area contributed by atoms with Gasteiger partial charge in [0.2, 0.25) is 0 Å². The van der Waals surface area contributed by atoms with Crippen molar-refractivity contribution in [2.45, 2.75) is 6.10 Å². The molecule has 1 heterocycles. The van der Waals surface area contributed by atoms with Crippen molar-refractivity contribution in [3.63, 3.8) is 0 Å². The molecule has 0 aromatic heterocycles. The van der Waals surface area contributed by atoms with E-state index in [0.717, 1.165) is 6.21 Å². The summed E-state index contributed by atoms with van der Waals surface area (Å²) in [5, 5.41) is 12.8. The minimum absolute atomic E-state index is 0.101. The quantitative estimate of drug-likeness (QED) is 0.533. The van der Waals surface area contributed by atoms with Crippen LogP contribution in [0.2, 0.25) is 0 Å². The Morgan fingerprint density at radius 3 is 2.88 bits per heavy atom. The molecule has 7 nitrogen and oxygen atoms in total. The van der Waals surface area contributed by atoms with E-state index in [4.69, 9.17) is 10.1 Å². The van der Waals surface area contributed by atoms with Crippen LogP contribution in [0.5, 0.6) is 5.75 Å². The molecule has 1 aliphatic heterocycles. The number of hydrogen-bond acceptors (Lipinski definition) is 5. The zero-order chi connectivity index (χ0) is 17.5. The summed E-state index contributed by atoms with van der Waals surface area (Å²) in [5.74, 6) is -0.175. The largest absolute Gasteiger partial charge is 0.477 e. The number of rotatable bonds is 6. The van der Waals surface area contributed by atoms with Crippen molar-refractivity contribution in [1.29, 1.82) is 5.41 Å². The number of carbonyl (C=O) groups is 2. The first-order chi connectivity index (χ1) is 11.6. The summed E-state index contributed by atoms with van der Waals surface area (Å²) >= 11 is 0. The highest BCUT2D eigenvalue weighted by Crippen LogP contribution is 2.33. The van der Waals surface area contributed by atoms with Crippen LogP contribution in [0.1, 0.15) is 0 Å². The van der Waals surface area contributed by atoms with Crippen LogP contribution in [0.25, 0.3) is 0 Å². The van der Waals surface area contributed by atoms with Gasteiger partial charge in [0, 0.05) is 31.6 Å². The van der Waals surface area contributed by atoms with Gasteiger partial charge in [-0.2, -0.15) is 0 Å². The van der Waals surface area contributed by atoms with Gasteiger partial charge in [-0.3, -0.25) is 9.59 Å². The Morgan fingerprint density at radius 1 is 1.46 bits per heavy atom. The molecule has 126 valence electrons. The number of anilines is 1. The second-order valence-electron chi connectivity index (χ2n) is 5.10. The number of ether oxygens (including phenoxy) is 1. The van der Waals surface area contributed by atoms with Crippen LogP contribution in [-0.4, -0.2) is 44.3 Å². The van der Waals surface area contributed by atoms with Gasteiger partial charge in [-0.05, 0) is 18.2 Å². The minimum atomic E-state index is -0.828. The predicted octanol–water partition coefficient (Wildman–Crippen LogP) is 0.836. The average molecular weight is 328 g/mol. The standard InChI is InChI=1S/C17H20N4O3/c1-3-16(22)21-11-15(24-14-7-5-4-6-13(14)21)17(23)20-10-12(8-18)9-19-2/h3-9,15,18-19H,1,10-11H2,2H3,(H,20,23)/b12-9+,18-8?. The first kappa shape index (κ1) is 17.3. The average Bonchev–Trinajstić information content (AvgIpc) is 2.63. The molecule has 0 aliphatic carbocycles. The maximum atomic E-state index is 12.4. The van der Waals surface area contributed by atoms with Gasteiger partial charge in [-0.25, -0.2) is 0 Å². The molecule has 7 heteroatoms. The van der Waals surface area contributed by atoms with Gasteiger partial charge < -0.3 is 25.7 Å². The van der Waals surface area contributed by atoms with E-state index in [1.54, 1.807) is 37.5 Å². The number of para-hydroxylation sites is 2. The fourth-order valence-corrected chi connectivity index (χ4v) is 2.32. The molecule has 3 N–H and O–H groups in total. The summed E-state index contributed by atoms with van der Waals surface area (Å²) in [5.41, 5.74) is 1.22. The molecule has 0 fully saturated rings. The van der Waals surface area contributed by atoms with Crippen molar-refractivity contribution < 1.29 is 14.3 Å². The maximum Gasteiger partial charge on any atom is 0.263 e. The van der Waals surface area contributed by atoms with Crippen molar-refractivity contribution in [3.05, 3.63) is 48.7 Å². The molecule has 1 unspecified atom stereocenters. The second-order valence-corrected chi connectivity index (χ2v) is 5.10. The Labute approximate surface area is 140 Å². The Balaban J connectivity index is 2.13. The summed E-state index contributed by atoms with van der Waals surface area (Å²) < 4.78 is 5.71. The molecular formula is C17H20N4O3. The van der Waals surface area contributed by atoms with E-state index in [1.165, 1.54) is 11.0 Å². The van der Waals surface area contributed by atoms with Crippen LogP contribution in [0.4, 0.5) is 5.69 Å². The normalized spacial score (nSPS) is 16.5. The molecule has 0 radical (unpaired) electrons. The molecule has 1 aromatic rings. The van der Waals surface area contributed by atoms with Gasteiger partial charge in [-0.1, -0.05) is 18.7 Å². The molecule has 1 aliphatic rings. The SMILES string of the molecule is C=CC(=O)N1CC(C(=O)NC/C(C=N)=C/NC)Oc2ccccc21. The highest BCUT2D eigenvalue weighted by molar-refractivity contribution is 6.03. The van der Waals surface area contributed by atoms with Crippen molar-refractivity contribution in [3.8, 4) is 5.75 Å². The second kappa shape index (κ2) is 7.96. The number of carbonyl (C=O) groups excluding carboxylic acids is 2. The predicted molar refractivity (Wildman–Crippen MR) is 92.3 cm³/mol. The lowest BCUT2D eigenvalue weighted by Crippen LogP contribution is -2.50. The third-order valence-corrected chi connectivity index (χ3v) is 3.49. The molecule has 0 saturated carbocycles. The number of nitrogens with zero attached hydrogens (tertiary/aromatic N) is 1. The van der Waals surface area contributed by atoms with Crippen LogP contribution in [0.3, 0.4) is 0 Å². The van der Waals surface area contributed by atoms with Crippen LogP contribution >= 0.6 is 0 Å². The van der Waals surface area contributed by atoms with Crippen molar-refractivity contribution >= 4 is 23.7 Å².